The van der Waals surface area contributed by atoms with Crippen molar-refractivity contribution in [3.8, 4) is 0 Å². The maximum atomic E-state index is 11.1. The summed E-state index contributed by atoms with van der Waals surface area (Å²) >= 11 is 0. The minimum atomic E-state index is -0.793. The van der Waals surface area contributed by atoms with Crippen molar-refractivity contribution in [3.05, 3.63) is 35.4 Å². The van der Waals surface area contributed by atoms with Crippen LogP contribution >= 0.6 is 0 Å². The molecule has 3 nitrogen and oxygen atoms in total. The molecule has 0 aliphatic rings. The number of nitrogens with one attached hydrogen (secondary N) is 1. The average molecular weight is 235 g/mol. The lowest BCUT2D eigenvalue weighted by atomic mass is 10.0. The summed E-state index contributed by atoms with van der Waals surface area (Å²) in [5, 5.41) is 12.2. The van der Waals surface area contributed by atoms with Gasteiger partial charge in [-0.3, -0.25) is 4.79 Å². The number of aryl methyl sites for hydroxylation is 1. The molecule has 0 bridgehead atoms. The monoisotopic (exact) mass is 235 g/mol. The molecule has 0 spiro atoms. The third-order valence-corrected chi connectivity index (χ3v) is 2.70. The van der Waals surface area contributed by atoms with Crippen molar-refractivity contribution in [1.82, 2.24) is 5.32 Å². The van der Waals surface area contributed by atoms with Gasteiger partial charge in [-0.1, -0.05) is 45.0 Å². The summed E-state index contributed by atoms with van der Waals surface area (Å²) < 4.78 is 0. The van der Waals surface area contributed by atoms with E-state index in [1.165, 1.54) is 5.56 Å². The zero-order valence-corrected chi connectivity index (χ0v) is 10.7. The van der Waals surface area contributed by atoms with Gasteiger partial charge in [0.25, 0.3) is 0 Å². The summed E-state index contributed by atoms with van der Waals surface area (Å²) in [6.07, 6.45) is 1.53. The first-order valence-electron chi connectivity index (χ1n) is 6.09. The molecular weight excluding hydrogens is 214 g/mol. The molecule has 0 aromatic heterocycles. The van der Waals surface area contributed by atoms with Crippen LogP contribution in [0.1, 0.15) is 31.9 Å². The molecule has 94 valence electrons. The van der Waals surface area contributed by atoms with Crippen LogP contribution in [0.5, 0.6) is 0 Å². The van der Waals surface area contributed by atoms with Crippen LogP contribution in [0.15, 0.2) is 24.3 Å². The molecule has 1 aromatic rings. The molecule has 1 aromatic carbocycles. The second-order valence-electron chi connectivity index (χ2n) is 4.59. The zero-order chi connectivity index (χ0) is 12.8. The van der Waals surface area contributed by atoms with Gasteiger partial charge in [-0.15, -0.1) is 0 Å². The maximum Gasteiger partial charge on any atom is 0.321 e. The van der Waals surface area contributed by atoms with Gasteiger partial charge >= 0.3 is 5.97 Å². The van der Waals surface area contributed by atoms with Crippen LogP contribution < -0.4 is 5.32 Å². The highest BCUT2D eigenvalue weighted by Crippen LogP contribution is 2.08. The first kappa shape index (κ1) is 13.7. The van der Waals surface area contributed by atoms with E-state index in [1.807, 2.05) is 26.0 Å². The highest BCUT2D eigenvalue weighted by molar-refractivity contribution is 5.74. The van der Waals surface area contributed by atoms with E-state index < -0.39 is 12.0 Å². The molecule has 0 heterocycles. The molecule has 0 unspecified atom stereocenters. The second kappa shape index (κ2) is 6.40. The summed E-state index contributed by atoms with van der Waals surface area (Å²) in [5.41, 5.74) is 2.33. The number of hydrogen-bond acceptors (Lipinski definition) is 2. The van der Waals surface area contributed by atoms with Crippen LogP contribution in [0.4, 0.5) is 0 Å². The Balaban J connectivity index is 2.68. The van der Waals surface area contributed by atoms with E-state index in [9.17, 15) is 4.79 Å². The molecule has 0 radical (unpaired) electrons. The van der Waals surface area contributed by atoms with Crippen LogP contribution in [-0.4, -0.2) is 23.2 Å². The standard InChI is InChI=1S/C14H21NO2/c1-4-11-5-7-12(8-6-11)9-13(14(16)17)15-10(2)3/h5-8,10,13,15H,4,9H2,1-3H3,(H,16,17)/t13-/m0/s1. The Bertz CT molecular complexity index is 357. The second-order valence-corrected chi connectivity index (χ2v) is 4.59. The Hall–Kier alpha value is -1.35. The third-order valence-electron chi connectivity index (χ3n) is 2.70. The lowest BCUT2D eigenvalue weighted by Gasteiger charge is -2.17. The number of carbonyl (C=O) groups is 1. The van der Waals surface area contributed by atoms with Gasteiger partial charge in [-0.25, -0.2) is 0 Å². The predicted molar refractivity (Wildman–Crippen MR) is 69.2 cm³/mol. The maximum absolute atomic E-state index is 11.1. The molecule has 1 rings (SSSR count). The van der Waals surface area contributed by atoms with E-state index in [0.29, 0.717) is 6.42 Å². The minimum Gasteiger partial charge on any atom is -0.480 e. The fraction of sp³-hybridized carbons (Fsp3) is 0.500. The highest BCUT2D eigenvalue weighted by atomic mass is 16.4. The largest absolute Gasteiger partial charge is 0.480 e. The van der Waals surface area contributed by atoms with E-state index in [0.717, 1.165) is 12.0 Å². The lowest BCUT2D eigenvalue weighted by Crippen LogP contribution is -2.42. The molecule has 0 fully saturated rings. The van der Waals surface area contributed by atoms with E-state index >= 15 is 0 Å². The topological polar surface area (TPSA) is 49.3 Å². The van der Waals surface area contributed by atoms with Gasteiger partial charge in [-0.2, -0.15) is 0 Å². The van der Waals surface area contributed by atoms with Gasteiger partial charge < -0.3 is 10.4 Å². The Labute approximate surface area is 103 Å². The molecule has 0 amide bonds. The number of carboxylic acids is 1. The van der Waals surface area contributed by atoms with E-state index in [4.69, 9.17) is 5.11 Å². The van der Waals surface area contributed by atoms with Crippen LogP contribution in [0, 0.1) is 0 Å². The molecular formula is C14H21NO2. The molecule has 0 saturated heterocycles. The molecule has 0 aliphatic carbocycles. The number of aliphatic carboxylic acids is 1. The van der Waals surface area contributed by atoms with Gasteiger partial charge in [0.1, 0.15) is 6.04 Å². The fourth-order valence-electron chi connectivity index (χ4n) is 1.77. The van der Waals surface area contributed by atoms with Gasteiger partial charge in [0.05, 0.1) is 0 Å². The normalized spacial score (nSPS) is 12.7. The summed E-state index contributed by atoms with van der Waals surface area (Å²) in [7, 11) is 0. The predicted octanol–water partition coefficient (Wildman–Crippen LogP) is 2.24. The number of hydrogen-bond donors (Lipinski definition) is 2. The summed E-state index contributed by atoms with van der Waals surface area (Å²) in [4.78, 5) is 11.1. The van der Waals surface area contributed by atoms with E-state index in [-0.39, 0.29) is 6.04 Å². The smallest absolute Gasteiger partial charge is 0.321 e. The van der Waals surface area contributed by atoms with Crippen molar-refractivity contribution in [1.29, 1.82) is 0 Å². The average Bonchev–Trinajstić information content (AvgIpc) is 2.28. The third kappa shape index (κ3) is 4.57. The van der Waals surface area contributed by atoms with Crippen molar-refractivity contribution in [3.63, 3.8) is 0 Å². The van der Waals surface area contributed by atoms with Crippen LogP contribution in [-0.2, 0) is 17.6 Å². The van der Waals surface area contributed by atoms with Crippen LogP contribution in [0.3, 0.4) is 0 Å². The SMILES string of the molecule is CCc1ccc(C[C@H](NC(C)C)C(=O)O)cc1. The van der Waals surface area contributed by atoms with Gasteiger partial charge in [0.2, 0.25) is 0 Å². The number of benzene rings is 1. The Morgan fingerprint density at radius 3 is 2.18 bits per heavy atom. The van der Waals surface area contributed by atoms with Crippen molar-refractivity contribution in [2.75, 3.05) is 0 Å². The summed E-state index contributed by atoms with van der Waals surface area (Å²) in [5.74, 6) is -0.793. The first-order chi connectivity index (χ1) is 8.02. The number of carboxylic acid groups (broad SMARTS) is 1. The number of rotatable bonds is 6. The summed E-state index contributed by atoms with van der Waals surface area (Å²) in [6.45, 7) is 6.02. The zero-order valence-electron chi connectivity index (χ0n) is 10.7. The van der Waals surface area contributed by atoms with Gasteiger partial charge in [0, 0.05) is 6.04 Å². The van der Waals surface area contributed by atoms with E-state index in [1.54, 1.807) is 0 Å². The van der Waals surface area contributed by atoms with Crippen LogP contribution in [0.25, 0.3) is 0 Å². The van der Waals surface area contributed by atoms with Crippen LogP contribution in [0.2, 0.25) is 0 Å². The molecule has 2 N–H and O–H groups in total. The Morgan fingerprint density at radius 1 is 1.24 bits per heavy atom. The molecule has 0 aliphatic heterocycles. The van der Waals surface area contributed by atoms with Crippen molar-refractivity contribution in [2.24, 2.45) is 0 Å². The minimum absolute atomic E-state index is 0.172. The van der Waals surface area contributed by atoms with Crippen molar-refractivity contribution in [2.45, 2.75) is 45.7 Å². The molecule has 1 atom stereocenters. The first-order valence-corrected chi connectivity index (χ1v) is 6.09. The lowest BCUT2D eigenvalue weighted by molar-refractivity contribution is -0.139. The van der Waals surface area contributed by atoms with Crippen molar-refractivity contribution >= 4 is 5.97 Å². The molecule has 0 saturated carbocycles. The Morgan fingerprint density at radius 2 is 1.76 bits per heavy atom. The van der Waals surface area contributed by atoms with Gasteiger partial charge in [0.15, 0.2) is 0 Å². The van der Waals surface area contributed by atoms with E-state index in [2.05, 4.69) is 24.4 Å². The molecule has 17 heavy (non-hydrogen) atoms. The summed E-state index contributed by atoms with van der Waals surface area (Å²) in [6, 6.07) is 7.80. The Kier molecular flexibility index (Phi) is 5.16. The highest BCUT2D eigenvalue weighted by Gasteiger charge is 2.18. The van der Waals surface area contributed by atoms with Gasteiger partial charge in [-0.05, 0) is 24.0 Å². The molecule has 3 heteroatoms. The quantitative estimate of drug-likeness (QED) is 0.795. The van der Waals surface area contributed by atoms with Crippen molar-refractivity contribution < 1.29 is 9.90 Å². The fourth-order valence-corrected chi connectivity index (χ4v) is 1.77.